The second-order valence-electron chi connectivity index (χ2n) is 4.83. The fourth-order valence-corrected chi connectivity index (χ4v) is 2.74. The average Bonchev–Trinajstić information content (AvgIpc) is 2.89. The van der Waals surface area contributed by atoms with Crippen LogP contribution in [0.5, 0.6) is 0 Å². The van der Waals surface area contributed by atoms with Gasteiger partial charge >= 0.3 is 0 Å². The topological polar surface area (TPSA) is 76.9 Å². The lowest BCUT2D eigenvalue weighted by atomic mass is 10.1. The quantitative estimate of drug-likeness (QED) is 0.482. The Kier molecular flexibility index (Phi) is 5.71. The van der Waals surface area contributed by atoms with Crippen LogP contribution in [0.3, 0.4) is 0 Å². The van der Waals surface area contributed by atoms with Crippen molar-refractivity contribution in [3.63, 3.8) is 0 Å². The third-order valence-corrected chi connectivity index (χ3v) is 4.15. The van der Waals surface area contributed by atoms with Crippen molar-refractivity contribution in [1.82, 2.24) is 14.8 Å². The molecule has 7 heteroatoms. The predicted molar refractivity (Wildman–Crippen MR) is 86.0 cm³/mol. The fourth-order valence-electron chi connectivity index (χ4n) is 1.91. The van der Waals surface area contributed by atoms with E-state index in [0.717, 1.165) is 17.3 Å². The number of carbonyl (C=O) groups excluding carboxylic acids is 2. The minimum Gasteiger partial charge on any atom is -0.325 e. The summed E-state index contributed by atoms with van der Waals surface area (Å²) in [5.74, 6) is 0.634. The molecule has 0 spiro atoms. The zero-order valence-electron chi connectivity index (χ0n) is 12.6. The molecule has 2 aromatic rings. The molecule has 0 radical (unpaired) electrons. The lowest BCUT2D eigenvalue weighted by molar-refractivity contribution is -0.116. The summed E-state index contributed by atoms with van der Waals surface area (Å²) in [6.45, 7) is 1.49. The number of hydrogen-bond donors (Lipinski definition) is 1. The number of thioether (sulfide) groups is 1. The zero-order valence-corrected chi connectivity index (χ0v) is 13.4. The first-order valence-corrected chi connectivity index (χ1v) is 7.93. The van der Waals surface area contributed by atoms with E-state index in [4.69, 9.17) is 0 Å². The second-order valence-corrected chi connectivity index (χ2v) is 5.89. The van der Waals surface area contributed by atoms with Gasteiger partial charge in [-0.1, -0.05) is 23.9 Å². The molecule has 1 aromatic heterocycles. The normalized spacial score (nSPS) is 10.5. The molecule has 6 nitrogen and oxygen atoms in total. The van der Waals surface area contributed by atoms with Crippen molar-refractivity contribution in [2.75, 3.05) is 11.1 Å². The van der Waals surface area contributed by atoms with Crippen LogP contribution in [0.4, 0.5) is 5.69 Å². The van der Waals surface area contributed by atoms with Gasteiger partial charge in [-0.25, -0.2) is 0 Å². The molecule has 0 saturated heterocycles. The molecule has 2 rings (SSSR count). The van der Waals surface area contributed by atoms with Gasteiger partial charge in [-0.15, -0.1) is 10.2 Å². The molecule has 0 aliphatic carbocycles. The van der Waals surface area contributed by atoms with Gasteiger partial charge in [0.2, 0.25) is 5.91 Å². The zero-order chi connectivity index (χ0) is 15.9. The summed E-state index contributed by atoms with van der Waals surface area (Å²) in [4.78, 5) is 23.5. The number of amides is 1. The predicted octanol–water partition coefficient (Wildman–Crippen LogP) is 2.53. The van der Waals surface area contributed by atoms with Gasteiger partial charge in [0.15, 0.2) is 10.9 Å². The highest BCUT2D eigenvalue weighted by Crippen LogP contribution is 2.18. The van der Waals surface area contributed by atoms with E-state index >= 15 is 0 Å². The molecule has 0 fully saturated rings. The van der Waals surface area contributed by atoms with Gasteiger partial charge in [0, 0.05) is 24.8 Å². The standard InChI is InChI=1S/C15H18N4O2S/c1-11(20)12-6-3-4-7-13(12)17-14(21)8-5-9-22-15-18-16-10-19(15)2/h3-4,6-7,10H,5,8-9H2,1-2H3,(H,17,21). The minimum absolute atomic E-state index is 0.0614. The van der Waals surface area contributed by atoms with E-state index in [1.54, 1.807) is 42.4 Å². The van der Waals surface area contributed by atoms with Crippen LogP contribution >= 0.6 is 11.8 Å². The number of benzene rings is 1. The summed E-state index contributed by atoms with van der Waals surface area (Å²) in [6.07, 6.45) is 2.77. The minimum atomic E-state index is -0.0905. The summed E-state index contributed by atoms with van der Waals surface area (Å²) >= 11 is 1.57. The number of Topliss-reactive ketones (excluding diaryl/α,β-unsaturated/α-hetero) is 1. The van der Waals surface area contributed by atoms with E-state index in [9.17, 15) is 9.59 Å². The molecule has 0 bridgehead atoms. The maximum absolute atomic E-state index is 12.0. The number of aryl methyl sites for hydroxylation is 1. The van der Waals surface area contributed by atoms with E-state index in [0.29, 0.717) is 17.7 Å². The van der Waals surface area contributed by atoms with Crippen LogP contribution in [0.1, 0.15) is 30.1 Å². The van der Waals surface area contributed by atoms with E-state index in [2.05, 4.69) is 15.5 Å². The number of nitrogens with one attached hydrogen (secondary N) is 1. The molecule has 0 aliphatic heterocycles. The van der Waals surface area contributed by atoms with Crippen molar-refractivity contribution >= 4 is 29.1 Å². The van der Waals surface area contributed by atoms with E-state index in [-0.39, 0.29) is 11.7 Å². The Morgan fingerprint density at radius 1 is 1.32 bits per heavy atom. The highest BCUT2D eigenvalue weighted by atomic mass is 32.2. The van der Waals surface area contributed by atoms with Crippen LogP contribution in [0.15, 0.2) is 35.7 Å². The van der Waals surface area contributed by atoms with E-state index < -0.39 is 0 Å². The Hall–Kier alpha value is -2.15. The molecule has 116 valence electrons. The van der Waals surface area contributed by atoms with Crippen molar-refractivity contribution in [3.8, 4) is 0 Å². The summed E-state index contributed by atoms with van der Waals surface area (Å²) in [5, 5.41) is 11.4. The Morgan fingerprint density at radius 2 is 2.09 bits per heavy atom. The molecule has 22 heavy (non-hydrogen) atoms. The SMILES string of the molecule is CC(=O)c1ccccc1NC(=O)CCCSc1nncn1C. The van der Waals surface area contributed by atoms with E-state index in [1.165, 1.54) is 6.92 Å². The smallest absolute Gasteiger partial charge is 0.224 e. The molecule has 1 aromatic carbocycles. The average molecular weight is 318 g/mol. The highest BCUT2D eigenvalue weighted by molar-refractivity contribution is 7.99. The molecule has 0 aliphatic rings. The monoisotopic (exact) mass is 318 g/mol. The number of para-hydroxylation sites is 1. The molecule has 0 unspecified atom stereocenters. The van der Waals surface area contributed by atoms with Crippen molar-refractivity contribution in [2.24, 2.45) is 7.05 Å². The Labute approximate surface area is 133 Å². The van der Waals surface area contributed by atoms with Gasteiger partial charge < -0.3 is 9.88 Å². The number of aromatic nitrogens is 3. The Bertz CT molecular complexity index is 669. The fraction of sp³-hybridized carbons (Fsp3) is 0.333. The number of nitrogens with zero attached hydrogens (tertiary/aromatic N) is 3. The molecule has 0 saturated carbocycles. The first-order chi connectivity index (χ1) is 10.6. The largest absolute Gasteiger partial charge is 0.325 e. The first-order valence-electron chi connectivity index (χ1n) is 6.94. The molecular formula is C15H18N4O2S. The summed E-state index contributed by atoms with van der Waals surface area (Å²) in [6, 6.07) is 7.03. The van der Waals surface area contributed by atoms with Crippen molar-refractivity contribution in [2.45, 2.75) is 24.9 Å². The van der Waals surface area contributed by atoms with Crippen LogP contribution in [-0.2, 0) is 11.8 Å². The summed E-state index contributed by atoms with van der Waals surface area (Å²) in [5.41, 5.74) is 1.10. The third-order valence-electron chi connectivity index (χ3n) is 3.03. The van der Waals surface area contributed by atoms with Crippen LogP contribution in [-0.4, -0.2) is 32.2 Å². The molecular weight excluding hydrogens is 300 g/mol. The Balaban J connectivity index is 1.79. The maximum Gasteiger partial charge on any atom is 0.224 e. The van der Waals surface area contributed by atoms with Crippen molar-refractivity contribution < 1.29 is 9.59 Å². The number of rotatable bonds is 7. The van der Waals surface area contributed by atoms with Gasteiger partial charge in [-0.05, 0) is 25.5 Å². The van der Waals surface area contributed by atoms with Crippen LogP contribution in [0.2, 0.25) is 0 Å². The highest BCUT2D eigenvalue weighted by Gasteiger charge is 2.09. The van der Waals surface area contributed by atoms with Gasteiger partial charge in [0.25, 0.3) is 0 Å². The molecule has 1 N–H and O–H groups in total. The number of hydrogen-bond acceptors (Lipinski definition) is 5. The third kappa shape index (κ3) is 4.42. The van der Waals surface area contributed by atoms with Crippen molar-refractivity contribution in [3.05, 3.63) is 36.2 Å². The summed E-state index contributed by atoms with van der Waals surface area (Å²) in [7, 11) is 1.88. The van der Waals surface area contributed by atoms with Gasteiger partial charge in [0.05, 0.1) is 5.69 Å². The van der Waals surface area contributed by atoms with E-state index in [1.807, 2.05) is 11.6 Å². The molecule has 0 atom stereocenters. The van der Waals surface area contributed by atoms with Crippen molar-refractivity contribution in [1.29, 1.82) is 0 Å². The second kappa shape index (κ2) is 7.74. The van der Waals surface area contributed by atoms with Crippen LogP contribution < -0.4 is 5.32 Å². The van der Waals surface area contributed by atoms with Gasteiger partial charge in [-0.3, -0.25) is 9.59 Å². The number of carbonyl (C=O) groups is 2. The Morgan fingerprint density at radius 3 is 2.77 bits per heavy atom. The molecule has 1 heterocycles. The van der Waals surface area contributed by atoms with Gasteiger partial charge in [-0.2, -0.15) is 0 Å². The lowest BCUT2D eigenvalue weighted by Gasteiger charge is -2.08. The van der Waals surface area contributed by atoms with Gasteiger partial charge in [0.1, 0.15) is 6.33 Å². The van der Waals surface area contributed by atoms with Crippen LogP contribution in [0, 0.1) is 0 Å². The maximum atomic E-state index is 12.0. The summed E-state index contributed by atoms with van der Waals surface area (Å²) < 4.78 is 1.84. The van der Waals surface area contributed by atoms with Crippen LogP contribution in [0.25, 0.3) is 0 Å². The first kappa shape index (κ1) is 16.2. The number of ketones is 1. The lowest BCUT2D eigenvalue weighted by Crippen LogP contribution is -2.14. The number of anilines is 1. The molecule has 1 amide bonds.